The van der Waals surface area contributed by atoms with Crippen molar-refractivity contribution < 1.29 is 9.53 Å². The molecule has 0 saturated carbocycles. The lowest BCUT2D eigenvalue weighted by molar-refractivity contribution is 0.0945. The average molecular weight is 314 g/mol. The van der Waals surface area contributed by atoms with E-state index >= 15 is 0 Å². The summed E-state index contributed by atoms with van der Waals surface area (Å²) in [6.45, 7) is 5.47. The van der Waals surface area contributed by atoms with Gasteiger partial charge in [0.05, 0.1) is 6.61 Å². The SMILES string of the molecule is COCCNc1nc(C)cc(C(=O)NCc2ccc(C)cc2)n1. The van der Waals surface area contributed by atoms with Gasteiger partial charge < -0.3 is 15.4 Å². The number of carbonyl (C=O) groups is 1. The molecule has 2 N–H and O–H groups in total. The van der Waals surface area contributed by atoms with Crippen LogP contribution in [0.1, 0.15) is 27.3 Å². The summed E-state index contributed by atoms with van der Waals surface area (Å²) in [7, 11) is 1.63. The minimum Gasteiger partial charge on any atom is -0.383 e. The van der Waals surface area contributed by atoms with Gasteiger partial charge in [-0.15, -0.1) is 0 Å². The third-order valence-electron chi connectivity index (χ3n) is 3.25. The lowest BCUT2D eigenvalue weighted by atomic mass is 10.1. The number of anilines is 1. The van der Waals surface area contributed by atoms with Gasteiger partial charge in [-0.05, 0) is 25.5 Å². The Bertz CT molecular complexity index is 656. The van der Waals surface area contributed by atoms with E-state index in [4.69, 9.17) is 4.74 Å². The van der Waals surface area contributed by atoms with Gasteiger partial charge in [0.2, 0.25) is 5.95 Å². The maximum atomic E-state index is 12.3. The average Bonchev–Trinajstić information content (AvgIpc) is 2.54. The van der Waals surface area contributed by atoms with E-state index < -0.39 is 0 Å². The van der Waals surface area contributed by atoms with Gasteiger partial charge in [0, 0.05) is 25.9 Å². The highest BCUT2D eigenvalue weighted by molar-refractivity contribution is 5.92. The van der Waals surface area contributed by atoms with Crippen molar-refractivity contribution in [3.8, 4) is 0 Å². The summed E-state index contributed by atoms with van der Waals surface area (Å²) in [5, 5.41) is 5.91. The molecule has 6 heteroatoms. The first-order valence-electron chi connectivity index (χ1n) is 7.50. The minimum absolute atomic E-state index is 0.217. The molecule has 1 aromatic carbocycles. The zero-order valence-corrected chi connectivity index (χ0v) is 13.7. The summed E-state index contributed by atoms with van der Waals surface area (Å²) in [5.74, 6) is 0.216. The van der Waals surface area contributed by atoms with Crippen LogP contribution in [0.25, 0.3) is 0 Å². The van der Waals surface area contributed by atoms with Crippen LogP contribution < -0.4 is 10.6 Å². The topological polar surface area (TPSA) is 76.1 Å². The fraction of sp³-hybridized carbons (Fsp3) is 0.353. The normalized spacial score (nSPS) is 10.4. The van der Waals surface area contributed by atoms with E-state index in [2.05, 4.69) is 20.6 Å². The van der Waals surface area contributed by atoms with Crippen LogP contribution in [-0.4, -0.2) is 36.1 Å². The highest BCUT2D eigenvalue weighted by Gasteiger charge is 2.10. The van der Waals surface area contributed by atoms with Crippen LogP contribution in [0.2, 0.25) is 0 Å². The van der Waals surface area contributed by atoms with Crippen molar-refractivity contribution in [2.24, 2.45) is 0 Å². The van der Waals surface area contributed by atoms with E-state index in [9.17, 15) is 4.79 Å². The fourth-order valence-electron chi connectivity index (χ4n) is 2.01. The van der Waals surface area contributed by atoms with Crippen molar-refractivity contribution in [2.45, 2.75) is 20.4 Å². The zero-order chi connectivity index (χ0) is 16.7. The first-order valence-corrected chi connectivity index (χ1v) is 7.50. The molecule has 122 valence electrons. The van der Waals surface area contributed by atoms with E-state index in [0.29, 0.717) is 31.3 Å². The second-order valence-corrected chi connectivity index (χ2v) is 5.31. The molecule has 23 heavy (non-hydrogen) atoms. The molecule has 0 aliphatic heterocycles. The molecule has 2 rings (SSSR count). The lowest BCUT2D eigenvalue weighted by Gasteiger charge is -2.09. The Balaban J connectivity index is 1.99. The molecular formula is C17H22N4O2. The first kappa shape index (κ1) is 16.9. The number of nitrogens with zero attached hydrogens (tertiary/aromatic N) is 2. The first-order chi connectivity index (χ1) is 11.1. The standard InChI is InChI=1S/C17H22N4O2/c1-12-4-6-14(7-5-12)11-19-16(22)15-10-13(2)20-17(21-15)18-8-9-23-3/h4-7,10H,8-9,11H2,1-3H3,(H,19,22)(H,18,20,21). The highest BCUT2D eigenvalue weighted by atomic mass is 16.5. The molecule has 0 aliphatic rings. The van der Waals surface area contributed by atoms with Crippen LogP contribution in [0, 0.1) is 13.8 Å². The van der Waals surface area contributed by atoms with Crippen molar-refractivity contribution in [1.82, 2.24) is 15.3 Å². The summed E-state index contributed by atoms with van der Waals surface area (Å²) in [4.78, 5) is 20.8. The van der Waals surface area contributed by atoms with Crippen LogP contribution in [0.4, 0.5) is 5.95 Å². The molecule has 0 atom stereocenters. The van der Waals surface area contributed by atoms with Gasteiger partial charge in [-0.3, -0.25) is 4.79 Å². The van der Waals surface area contributed by atoms with Gasteiger partial charge >= 0.3 is 0 Å². The summed E-state index contributed by atoms with van der Waals surface area (Å²) in [6, 6.07) is 9.71. The summed E-state index contributed by atoms with van der Waals surface area (Å²) in [6.07, 6.45) is 0. The number of hydrogen-bond acceptors (Lipinski definition) is 5. The Morgan fingerprint density at radius 1 is 1.17 bits per heavy atom. The fourth-order valence-corrected chi connectivity index (χ4v) is 2.01. The number of amides is 1. The van der Waals surface area contributed by atoms with Crippen LogP contribution in [0.3, 0.4) is 0 Å². The van der Waals surface area contributed by atoms with E-state index in [1.54, 1.807) is 13.2 Å². The quantitative estimate of drug-likeness (QED) is 0.765. The van der Waals surface area contributed by atoms with Gasteiger partial charge in [0.15, 0.2) is 0 Å². The maximum absolute atomic E-state index is 12.3. The van der Waals surface area contributed by atoms with Gasteiger partial charge in [0.1, 0.15) is 5.69 Å². The molecule has 6 nitrogen and oxygen atoms in total. The number of aryl methyl sites for hydroxylation is 2. The molecule has 0 bridgehead atoms. The van der Waals surface area contributed by atoms with Gasteiger partial charge in [-0.1, -0.05) is 29.8 Å². The molecule has 0 fully saturated rings. The Labute approximate surface area is 136 Å². The predicted molar refractivity (Wildman–Crippen MR) is 89.5 cm³/mol. The van der Waals surface area contributed by atoms with Crippen molar-refractivity contribution >= 4 is 11.9 Å². The van der Waals surface area contributed by atoms with Gasteiger partial charge in [-0.2, -0.15) is 0 Å². The molecule has 0 spiro atoms. The van der Waals surface area contributed by atoms with Gasteiger partial charge in [-0.25, -0.2) is 9.97 Å². The molecule has 0 aliphatic carbocycles. The molecule has 0 unspecified atom stereocenters. The molecule has 1 aromatic heterocycles. The Morgan fingerprint density at radius 2 is 1.91 bits per heavy atom. The lowest BCUT2D eigenvalue weighted by Crippen LogP contribution is -2.24. The maximum Gasteiger partial charge on any atom is 0.270 e. The van der Waals surface area contributed by atoms with Crippen molar-refractivity contribution in [1.29, 1.82) is 0 Å². The van der Waals surface area contributed by atoms with E-state index in [1.807, 2.05) is 38.1 Å². The second-order valence-electron chi connectivity index (χ2n) is 5.31. The van der Waals surface area contributed by atoms with Crippen LogP contribution in [-0.2, 0) is 11.3 Å². The number of ether oxygens (including phenoxy) is 1. The van der Waals surface area contributed by atoms with Crippen LogP contribution in [0.15, 0.2) is 30.3 Å². The third kappa shape index (κ3) is 5.34. The number of hydrogen-bond donors (Lipinski definition) is 2. The number of methoxy groups -OCH3 is 1. The Morgan fingerprint density at radius 3 is 2.61 bits per heavy atom. The Hall–Kier alpha value is -2.47. The molecule has 1 amide bonds. The summed E-state index contributed by atoms with van der Waals surface area (Å²) in [5.41, 5.74) is 3.33. The van der Waals surface area contributed by atoms with E-state index in [1.165, 1.54) is 5.56 Å². The van der Waals surface area contributed by atoms with E-state index in [-0.39, 0.29) is 5.91 Å². The number of carbonyl (C=O) groups excluding carboxylic acids is 1. The minimum atomic E-state index is -0.217. The molecular weight excluding hydrogens is 292 g/mol. The monoisotopic (exact) mass is 314 g/mol. The number of nitrogens with one attached hydrogen (secondary N) is 2. The van der Waals surface area contributed by atoms with Crippen LogP contribution >= 0.6 is 0 Å². The van der Waals surface area contributed by atoms with Crippen molar-refractivity contribution in [3.05, 3.63) is 52.8 Å². The largest absolute Gasteiger partial charge is 0.383 e. The number of rotatable bonds is 7. The third-order valence-corrected chi connectivity index (χ3v) is 3.25. The molecule has 1 heterocycles. The second kappa shape index (κ2) is 8.24. The summed E-state index contributed by atoms with van der Waals surface area (Å²) < 4.78 is 4.97. The molecule has 0 saturated heterocycles. The summed E-state index contributed by atoms with van der Waals surface area (Å²) >= 11 is 0. The number of benzene rings is 1. The van der Waals surface area contributed by atoms with Gasteiger partial charge in [0.25, 0.3) is 5.91 Å². The molecule has 0 radical (unpaired) electrons. The highest BCUT2D eigenvalue weighted by Crippen LogP contribution is 2.06. The smallest absolute Gasteiger partial charge is 0.270 e. The van der Waals surface area contributed by atoms with Crippen molar-refractivity contribution in [3.63, 3.8) is 0 Å². The molecule has 2 aromatic rings. The Kier molecular flexibility index (Phi) is 6.05. The zero-order valence-electron chi connectivity index (χ0n) is 13.7. The predicted octanol–water partition coefficient (Wildman–Crippen LogP) is 2.08. The van der Waals surface area contributed by atoms with E-state index in [0.717, 1.165) is 11.3 Å². The van der Waals surface area contributed by atoms with Crippen molar-refractivity contribution in [2.75, 3.05) is 25.6 Å². The number of aromatic nitrogens is 2. The van der Waals surface area contributed by atoms with Crippen LogP contribution in [0.5, 0.6) is 0 Å².